The van der Waals surface area contributed by atoms with Crippen molar-refractivity contribution in [1.29, 1.82) is 0 Å². The lowest BCUT2D eigenvalue weighted by molar-refractivity contribution is -0.288. The second kappa shape index (κ2) is 13.9. The Kier molecular flexibility index (Phi) is 9.72. The molecule has 3 aromatic carbocycles. The fourth-order valence-electron chi connectivity index (χ4n) is 5.75. The number of nitrogens with zero attached hydrogens (tertiary/aromatic N) is 1. The van der Waals surface area contributed by atoms with E-state index < -0.39 is 54.6 Å². The van der Waals surface area contributed by atoms with Crippen LogP contribution in [0.15, 0.2) is 78.9 Å². The van der Waals surface area contributed by atoms with E-state index in [2.05, 4.69) is 16.7 Å². The van der Waals surface area contributed by atoms with Gasteiger partial charge in [0.2, 0.25) is 12.4 Å². The monoisotopic (exact) mass is 629 g/mol. The molecule has 0 saturated carbocycles. The molecule has 1 saturated heterocycles. The van der Waals surface area contributed by atoms with Gasteiger partial charge in [-0.15, -0.1) is 0 Å². The first kappa shape index (κ1) is 32.2. The standard InChI is InChI=1S/C35H35NO10/c1-20(37)41-19-29-32(42-21(2)38)33(43-22(3)39)34(44-23(4)40)35(46-29)45-26-16-17-28-27(18-26)30(24-12-8-6-9-13-24)31(36(28)5)25-14-10-7-11-15-25/h6-18,29,32-35H,19H2,1-5H3/t29-,32+,33+,34-,35+/m1/s1. The minimum atomic E-state index is -1.35. The molecule has 240 valence electrons. The van der Waals surface area contributed by atoms with E-state index >= 15 is 0 Å². The van der Waals surface area contributed by atoms with E-state index in [0.717, 1.165) is 33.3 Å². The Labute approximate surface area is 265 Å². The van der Waals surface area contributed by atoms with Gasteiger partial charge in [-0.1, -0.05) is 60.7 Å². The predicted octanol–water partition coefficient (Wildman–Crippen LogP) is 4.97. The Morgan fingerprint density at radius 2 is 1.26 bits per heavy atom. The highest BCUT2D eigenvalue weighted by molar-refractivity contribution is 6.05. The van der Waals surface area contributed by atoms with E-state index in [-0.39, 0.29) is 6.61 Å². The van der Waals surface area contributed by atoms with E-state index in [1.54, 1.807) is 6.07 Å². The van der Waals surface area contributed by atoms with Crippen LogP contribution in [0.2, 0.25) is 0 Å². The third-order valence-corrected chi connectivity index (χ3v) is 7.48. The van der Waals surface area contributed by atoms with Gasteiger partial charge in [0.25, 0.3) is 0 Å². The number of hydrogen-bond acceptors (Lipinski definition) is 10. The van der Waals surface area contributed by atoms with Crippen LogP contribution in [0.1, 0.15) is 27.7 Å². The normalized spacial score (nSPS) is 20.8. The molecule has 2 heterocycles. The molecule has 46 heavy (non-hydrogen) atoms. The zero-order chi connectivity index (χ0) is 33.0. The van der Waals surface area contributed by atoms with Crippen LogP contribution in [0.3, 0.4) is 0 Å². The van der Waals surface area contributed by atoms with Gasteiger partial charge < -0.3 is 33.0 Å². The number of fused-ring (bicyclic) bond motifs is 1. The van der Waals surface area contributed by atoms with Crippen molar-refractivity contribution in [3.63, 3.8) is 0 Å². The van der Waals surface area contributed by atoms with Gasteiger partial charge in [0.15, 0.2) is 12.2 Å². The fraction of sp³-hybridized carbons (Fsp3) is 0.314. The molecule has 11 nitrogen and oxygen atoms in total. The number of ether oxygens (including phenoxy) is 6. The van der Waals surface area contributed by atoms with Crippen molar-refractivity contribution < 1.29 is 47.6 Å². The summed E-state index contributed by atoms with van der Waals surface area (Å²) in [5, 5.41) is 0.885. The topological polar surface area (TPSA) is 129 Å². The number of carbonyl (C=O) groups is 4. The van der Waals surface area contributed by atoms with E-state index in [0.29, 0.717) is 5.75 Å². The summed E-state index contributed by atoms with van der Waals surface area (Å²) in [6.45, 7) is 4.38. The van der Waals surface area contributed by atoms with Crippen molar-refractivity contribution in [2.24, 2.45) is 7.05 Å². The summed E-state index contributed by atoms with van der Waals surface area (Å²) in [6.07, 6.45) is -6.44. The lowest BCUT2D eigenvalue weighted by atomic mass is 9.97. The van der Waals surface area contributed by atoms with Crippen LogP contribution < -0.4 is 4.74 Å². The lowest BCUT2D eigenvalue weighted by Gasteiger charge is -2.43. The van der Waals surface area contributed by atoms with Crippen LogP contribution >= 0.6 is 0 Å². The number of aromatic nitrogens is 1. The smallest absolute Gasteiger partial charge is 0.303 e. The molecular weight excluding hydrogens is 594 g/mol. The van der Waals surface area contributed by atoms with Gasteiger partial charge >= 0.3 is 23.9 Å². The summed E-state index contributed by atoms with van der Waals surface area (Å²) in [4.78, 5) is 48.2. The van der Waals surface area contributed by atoms with Crippen LogP contribution in [0.25, 0.3) is 33.3 Å². The number of esters is 4. The maximum atomic E-state index is 12.3. The Morgan fingerprint density at radius 1 is 0.696 bits per heavy atom. The lowest BCUT2D eigenvalue weighted by Crippen LogP contribution is -2.63. The zero-order valence-electron chi connectivity index (χ0n) is 26.1. The Balaban J connectivity index is 1.60. The van der Waals surface area contributed by atoms with Gasteiger partial charge in [-0.2, -0.15) is 0 Å². The number of aryl methyl sites for hydroxylation is 1. The molecule has 0 amide bonds. The van der Waals surface area contributed by atoms with Crippen molar-refractivity contribution in [1.82, 2.24) is 4.57 Å². The minimum Gasteiger partial charge on any atom is -0.463 e. The summed E-state index contributed by atoms with van der Waals surface area (Å²) < 4.78 is 36.4. The molecule has 0 radical (unpaired) electrons. The highest BCUT2D eigenvalue weighted by atomic mass is 16.7. The second-order valence-corrected chi connectivity index (χ2v) is 10.9. The van der Waals surface area contributed by atoms with Crippen molar-refractivity contribution in [3.8, 4) is 28.1 Å². The molecule has 4 aromatic rings. The second-order valence-electron chi connectivity index (χ2n) is 10.9. The molecule has 1 fully saturated rings. The van der Waals surface area contributed by atoms with Gasteiger partial charge in [-0.25, -0.2) is 0 Å². The molecule has 0 aliphatic carbocycles. The Morgan fingerprint density at radius 3 is 1.85 bits per heavy atom. The molecule has 0 spiro atoms. The van der Waals surface area contributed by atoms with Gasteiger partial charge in [0, 0.05) is 51.2 Å². The largest absolute Gasteiger partial charge is 0.463 e. The first-order valence-electron chi connectivity index (χ1n) is 14.7. The van der Waals surface area contributed by atoms with Crippen molar-refractivity contribution in [2.45, 2.75) is 58.4 Å². The van der Waals surface area contributed by atoms with Gasteiger partial charge in [-0.3, -0.25) is 19.2 Å². The van der Waals surface area contributed by atoms with Gasteiger partial charge in [0.05, 0.1) is 5.69 Å². The molecular formula is C35H35NO10. The molecule has 0 unspecified atom stereocenters. The number of carbonyl (C=O) groups excluding carboxylic acids is 4. The van der Waals surface area contributed by atoms with Gasteiger partial charge in [0.1, 0.15) is 18.5 Å². The fourth-order valence-corrected chi connectivity index (χ4v) is 5.75. The number of rotatable bonds is 9. The van der Waals surface area contributed by atoms with E-state index in [9.17, 15) is 19.2 Å². The molecule has 11 heteroatoms. The van der Waals surface area contributed by atoms with Crippen molar-refractivity contribution in [3.05, 3.63) is 78.9 Å². The molecule has 1 aromatic heterocycles. The van der Waals surface area contributed by atoms with Crippen LogP contribution in [0.4, 0.5) is 0 Å². The summed E-state index contributed by atoms with van der Waals surface area (Å²) in [5.74, 6) is -2.40. The maximum Gasteiger partial charge on any atom is 0.303 e. The Hall–Kier alpha value is -5.16. The van der Waals surface area contributed by atoms with E-state index in [1.165, 1.54) is 27.7 Å². The highest BCUT2D eigenvalue weighted by Gasteiger charge is 2.53. The van der Waals surface area contributed by atoms with Gasteiger partial charge in [-0.05, 0) is 29.3 Å². The van der Waals surface area contributed by atoms with Crippen LogP contribution in [-0.2, 0) is 49.9 Å². The molecule has 1 aliphatic heterocycles. The third-order valence-electron chi connectivity index (χ3n) is 7.48. The summed E-state index contributed by atoms with van der Waals surface area (Å²) in [5.41, 5.74) is 4.95. The van der Waals surface area contributed by atoms with Crippen LogP contribution in [0.5, 0.6) is 5.75 Å². The van der Waals surface area contributed by atoms with Crippen LogP contribution in [0, 0.1) is 0 Å². The third kappa shape index (κ3) is 7.05. The Bertz CT molecular complexity index is 1730. The van der Waals surface area contributed by atoms with Crippen LogP contribution in [-0.4, -0.2) is 65.8 Å². The zero-order valence-corrected chi connectivity index (χ0v) is 26.1. The molecule has 1 aliphatic rings. The summed E-state index contributed by atoms with van der Waals surface area (Å²) >= 11 is 0. The minimum absolute atomic E-state index is 0.353. The summed E-state index contributed by atoms with van der Waals surface area (Å²) in [7, 11) is 2.00. The predicted molar refractivity (Wildman–Crippen MR) is 166 cm³/mol. The highest BCUT2D eigenvalue weighted by Crippen LogP contribution is 2.42. The molecule has 5 rings (SSSR count). The SMILES string of the molecule is CC(=O)OC[C@H]1O[C@H](Oc2ccc3c(c2)c(-c2ccccc2)c(-c2ccccc2)n3C)[C@H](OC(C)=O)[C@@H](OC(C)=O)[C@H]1OC(C)=O. The number of benzene rings is 3. The van der Waals surface area contributed by atoms with E-state index in [1.807, 2.05) is 67.7 Å². The maximum absolute atomic E-state index is 12.3. The number of hydrogen-bond donors (Lipinski definition) is 0. The molecule has 0 N–H and O–H groups in total. The average molecular weight is 630 g/mol. The quantitative estimate of drug-likeness (QED) is 0.185. The van der Waals surface area contributed by atoms with Crippen molar-refractivity contribution in [2.75, 3.05) is 6.61 Å². The average Bonchev–Trinajstić information content (AvgIpc) is 3.30. The summed E-state index contributed by atoms with van der Waals surface area (Å²) in [6, 6.07) is 25.5. The first-order chi connectivity index (χ1) is 22.0. The molecule has 5 atom stereocenters. The first-order valence-corrected chi connectivity index (χ1v) is 14.7. The molecule has 0 bridgehead atoms. The van der Waals surface area contributed by atoms with Crippen molar-refractivity contribution >= 4 is 34.8 Å². The van der Waals surface area contributed by atoms with E-state index in [4.69, 9.17) is 28.4 Å².